The van der Waals surface area contributed by atoms with E-state index in [0.29, 0.717) is 11.6 Å². The second-order valence-electron chi connectivity index (χ2n) is 14.3. The maximum absolute atomic E-state index is 4.45. The zero-order chi connectivity index (χ0) is 39.1. The maximum Gasteiger partial charge on any atom is 0.162 e. The molecule has 0 unspecified atom stereocenters. The summed E-state index contributed by atoms with van der Waals surface area (Å²) in [6, 6.07) is 62.1. The van der Waals surface area contributed by atoms with Gasteiger partial charge in [0.05, 0.1) is 16.6 Å². The predicted molar refractivity (Wildman–Crippen MR) is 238 cm³/mol. The number of nitrogens with zero attached hydrogens (tertiary/aromatic N) is 8. The van der Waals surface area contributed by atoms with Crippen molar-refractivity contribution < 1.29 is 0 Å². The molecule has 0 radical (unpaired) electrons. The van der Waals surface area contributed by atoms with Crippen molar-refractivity contribution in [3.8, 4) is 45.3 Å². The molecule has 59 heavy (non-hydrogen) atoms. The topological polar surface area (TPSA) is 77.6 Å². The van der Waals surface area contributed by atoms with E-state index in [2.05, 4.69) is 203 Å². The lowest BCUT2D eigenvalue weighted by atomic mass is 10.0. The zero-order valence-electron chi connectivity index (χ0n) is 31.7. The largest absolute Gasteiger partial charge is 0.315 e. The Labute approximate surface area is 340 Å². The van der Waals surface area contributed by atoms with Gasteiger partial charge in [-0.1, -0.05) is 66.7 Å². The fourth-order valence-corrected chi connectivity index (χ4v) is 8.16. The van der Waals surface area contributed by atoms with Crippen LogP contribution in [0.2, 0.25) is 0 Å². The van der Waals surface area contributed by atoms with Gasteiger partial charge in [0.15, 0.2) is 11.6 Å². The average molecular weight is 759 g/mol. The lowest BCUT2D eigenvalue weighted by Gasteiger charge is -2.26. The third kappa shape index (κ3) is 6.07. The smallest absolute Gasteiger partial charge is 0.162 e. The minimum Gasteiger partial charge on any atom is -0.315 e. The van der Waals surface area contributed by atoms with Crippen LogP contribution >= 0.6 is 0 Å². The second-order valence-corrected chi connectivity index (χ2v) is 14.3. The quantitative estimate of drug-likeness (QED) is 0.154. The van der Waals surface area contributed by atoms with E-state index in [1.807, 2.05) is 18.2 Å². The molecule has 0 spiro atoms. The van der Waals surface area contributed by atoms with Gasteiger partial charge in [-0.25, -0.2) is 24.9 Å². The Morgan fingerprint density at radius 3 is 1.59 bits per heavy atom. The summed E-state index contributed by atoms with van der Waals surface area (Å²) in [5.74, 6) is 1.32. The van der Waals surface area contributed by atoms with Gasteiger partial charge in [-0.05, 0) is 120 Å². The molecule has 4 heterocycles. The first-order chi connectivity index (χ1) is 29.3. The van der Waals surface area contributed by atoms with E-state index in [1.165, 1.54) is 39.8 Å². The maximum atomic E-state index is 4.45. The fraction of sp³-hybridized carbons (Fsp3) is 0. The highest BCUT2D eigenvalue weighted by molar-refractivity contribution is 6.18. The van der Waals surface area contributed by atoms with Gasteiger partial charge in [0, 0.05) is 74.3 Å². The van der Waals surface area contributed by atoms with Crippen molar-refractivity contribution in [2.45, 2.75) is 0 Å². The van der Waals surface area contributed by atoms with Gasteiger partial charge in [0.2, 0.25) is 0 Å². The summed E-state index contributed by atoms with van der Waals surface area (Å²) in [6.07, 6.45) is 8.74. The molecule has 0 amide bonds. The lowest BCUT2D eigenvalue weighted by molar-refractivity contribution is 1.06. The molecule has 8 heteroatoms. The van der Waals surface area contributed by atoms with Crippen molar-refractivity contribution in [1.29, 1.82) is 0 Å². The van der Waals surface area contributed by atoms with Gasteiger partial charge in [-0.3, -0.25) is 0 Å². The highest BCUT2D eigenvalue weighted by atomic mass is 15.1. The fourth-order valence-electron chi connectivity index (χ4n) is 8.16. The summed E-state index contributed by atoms with van der Waals surface area (Å²) >= 11 is 0. The summed E-state index contributed by atoms with van der Waals surface area (Å²) < 4.78 is 4.73. The van der Waals surface area contributed by atoms with Crippen LogP contribution in [0.25, 0.3) is 78.0 Å². The molecule has 278 valence electrons. The molecule has 0 aliphatic heterocycles. The standard InChI is InChI=1S/C51H34N8/c1-3-8-40(9-4-1)57-31-28-36-18-26-45-46-32-39(19-27-47(46)59(49(45)48(36)57)41-10-5-2-6-11-41)35-12-20-42(21-13-35)58(43-22-14-37(15-23-43)50-53-29-7-30-54-50)44-24-16-38(17-25-44)51-55-33-52-34-56-51/h1-34H. The number of anilines is 3. The molecule has 0 bridgehead atoms. The first-order valence-electron chi connectivity index (χ1n) is 19.5. The summed E-state index contributed by atoms with van der Waals surface area (Å²) in [5.41, 5.74) is 13.0. The molecule has 0 aliphatic rings. The number of hydrogen-bond donors (Lipinski definition) is 0. The Bertz CT molecular complexity index is 3130. The summed E-state index contributed by atoms with van der Waals surface area (Å²) in [7, 11) is 0. The van der Waals surface area contributed by atoms with Crippen LogP contribution in [0.15, 0.2) is 207 Å². The first kappa shape index (κ1) is 34.1. The van der Waals surface area contributed by atoms with Gasteiger partial charge in [-0.15, -0.1) is 0 Å². The molecule has 8 nitrogen and oxygen atoms in total. The molecule has 0 saturated carbocycles. The highest BCUT2D eigenvalue weighted by Crippen LogP contribution is 2.41. The second kappa shape index (κ2) is 14.4. The van der Waals surface area contributed by atoms with E-state index in [4.69, 9.17) is 0 Å². The molecular formula is C51H34N8. The third-order valence-corrected chi connectivity index (χ3v) is 10.9. The van der Waals surface area contributed by atoms with Crippen LogP contribution < -0.4 is 4.90 Å². The third-order valence-electron chi connectivity index (χ3n) is 10.9. The van der Waals surface area contributed by atoms with Crippen molar-refractivity contribution in [3.63, 3.8) is 0 Å². The van der Waals surface area contributed by atoms with Gasteiger partial charge >= 0.3 is 0 Å². The van der Waals surface area contributed by atoms with E-state index < -0.39 is 0 Å². The number of fused-ring (bicyclic) bond motifs is 5. The minimum atomic E-state index is 0.632. The number of benzene rings is 7. The van der Waals surface area contributed by atoms with Crippen molar-refractivity contribution in [3.05, 3.63) is 207 Å². The Kier molecular flexibility index (Phi) is 8.29. The summed E-state index contributed by atoms with van der Waals surface area (Å²) in [5, 5.41) is 3.61. The Hall–Kier alpha value is -8.23. The monoisotopic (exact) mass is 758 g/mol. The molecule has 4 aromatic heterocycles. The molecule has 11 rings (SSSR count). The molecule has 7 aromatic carbocycles. The molecule has 0 N–H and O–H groups in total. The predicted octanol–water partition coefficient (Wildman–Crippen LogP) is 12.2. The minimum absolute atomic E-state index is 0.632. The molecule has 11 aromatic rings. The molecule has 0 saturated heterocycles. The van der Waals surface area contributed by atoms with Crippen LogP contribution in [0, 0.1) is 0 Å². The first-order valence-corrected chi connectivity index (χ1v) is 19.5. The normalized spacial score (nSPS) is 11.4. The number of rotatable bonds is 8. The van der Waals surface area contributed by atoms with Gasteiger partial charge < -0.3 is 14.0 Å². The van der Waals surface area contributed by atoms with Crippen LogP contribution in [-0.2, 0) is 0 Å². The van der Waals surface area contributed by atoms with Crippen molar-refractivity contribution in [2.75, 3.05) is 4.90 Å². The van der Waals surface area contributed by atoms with Gasteiger partial charge in [0.1, 0.15) is 12.7 Å². The van der Waals surface area contributed by atoms with E-state index >= 15 is 0 Å². The van der Waals surface area contributed by atoms with Gasteiger partial charge in [0.25, 0.3) is 0 Å². The zero-order valence-corrected chi connectivity index (χ0v) is 31.7. The van der Waals surface area contributed by atoms with E-state index in [1.54, 1.807) is 12.4 Å². The van der Waals surface area contributed by atoms with Crippen LogP contribution in [0.1, 0.15) is 0 Å². The number of aromatic nitrogens is 7. The Morgan fingerprint density at radius 2 is 0.966 bits per heavy atom. The SMILES string of the molecule is c1ccc(-n2ccc3ccc4c5cc(-c6ccc(N(c7ccc(-c8ncccn8)cc7)c7ccc(-c8ncncn8)cc7)cc6)ccc5n(-c5ccccc5)c4c32)cc1. The molecule has 0 fully saturated rings. The summed E-state index contributed by atoms with van der Waals surface area (Å²) in [6.45, 7) is 0. The van der Waals surface area contributed by atoms with Crippen LogP contribution in [0.5, 0.6) is 0 Å². The number of hydrogen-bond acceptors (Lipinski definition) is 6. The molecule has 0 aliphatic carbocycles. The number of para-hydroxylation sites is 2. The average Bonchev–Trinajstić information content (AvgIpc) is 3.90. The van der Waals surface area contributed by atoms with E-state index in [9.17, 15) is 0 Å². The van der Waals surface area contributed by atoms with Crippen molar-refractivity contribution in [1.82, 2.24) is 34.1 Å². The summed E-state index contributed by atoms with van der Waals surface area (Å²) in [4.78, 5) is 23.8. The Morgan fingerprint density at radius 1 is 0.407 bits per heavy atom. The van der Waals surface area contributed by atoms with Crippen LogP contribution in [-0.4, -0.2) is 34.1 Å². The Balaban J connectivity index is 1.02. The van der Waals surface area contributed by atoms with Crippen molar-refractivity contribution in [2.24, 2.45) is 0 Å². The van der Waals surface area contributed by atoms with Gasteiger partial charge in [-0.2, -0.15) is 0 Å². The van der Waals surface area contributed by atoms with Crippen LogP contribution in [0.4, 0.5) is 17.1 Å². The lowest BCUT2D eigenvalue weighted by Crippen LogP contribution is -2.10. The van der Waals surface area contributed by atoms with Crippen molar-refractivity contribution >= 4 is 49.8 Å². The van der Waals surface area contributed by atoms with E-state index in [-0.39, 0.29) is 0 Å². The molecular weight excluding hydrogens is 725 g/mol. The highest BCUT2D eigenvalue weighted by Gasteiger charge is 2.19. The van der Waals surface area contributed by atoms with E-state index in [0.717, 1.165) is 56.2 Å². The molecule has 0 atom stereocenters. The van der Waals surface area contributed by atoms with Crippen LogP contribution in [0.3, 0.4) is 0 Å².